The number of likely N-dealkylation sites (tertiary alicyclic amines) is 1. The Bertz CT molecular complexity index is 782. The van der Waals surface area contributed by atoms with Crippen LogP contribution in [0.25, 0.3) is 6.08 Å². The van der Waals surface area contributed by atoms with Crippen LogP contribution in [0.3, 0.4) is 0 Å². The monoisotopic (exact) mass is 397 g/mol. The van der Waals surface area contributed by atoms with E-state index in [-0.39, 0.29) is 11.9 Å². The van der Waals surface area contributed by atoms with Gasteiger partial charge in [0, 0.05) is 25.7 Å². The molecule has 0 atom stereocenters. The normalized spacial score (nSPS) is 14.7. The third-order valence-corrected chi connectivity index (χ3v) is 4.81. The van der Waals surface area contributed by atoms with E-state index >= 15 is 0 Å². The smallest absolute Gasteiger partial charge is 0.314 e. The summed E-state index contributed by atoms with van der Waals surface area (Å²) in [6.45, 7) is 2.86. The average Bonchev–Trinajstić information content (AvgIpc) is 3.28. The fraction of sp³-hybridized carbons (Fsp3) is 0.364. The number of urea groups is 1. The van der Waals surface area contributed by atoms with E-state index in [1.54, 1.807) is 30.5 Å². The Morgan fingerprint density at radius 1 is 1.10 bits per heavy atom. The van der Waals surface area contributed by atoms with Gasteiger partial charge in [0.25, 0.3) is 0 Å². The van der Waals surface area contributed by atoms with Crippen LogP contribution in [-0.2, 0) is 4.79 Å². The number of hydrogen-bond acceptors (Lipinski definition) is 4. The molecule has 1 aliphatic rings. The van der Waals surface area contributed by atoms with E-state index in [0.29, 0.717) is 44.5 Å². The molecule has 7 heteroatoms. The Balaban J connectivity index is 1.26. The lowest BCUT2D eigenvalue weighted by molar-refractivity contribution is -0.127. The summed E-state index contributed by atoms with van der Waals surface area (Å²) in [5, 5.41) is 5.70. The van der Waals surface area contributed by atoms with Crippen LogP contribution in [0.4, 0.5) is 4.79 Å². The number of ether oxygens (including phenoxy) is 1. The molecule has 2 aromatic rings. The van der Waals surface area contributed by atoms with Gasteiger partial charge in [-0.2, -0.15) is 0 Å². The first-order valence-corrected chi connectivity index (χ1v) is 9.91. The molecule has 3 amide bonds. The molecule has 1 aromatic carbocycles. The molecule has 0 radical (unpaired) electrons. The fourth-order valence-electron chi connectivity index (χ4n) is 3.15. The average molecular weight is 397 g/mol. The number of carbonyl (C=O) groups is 2. The maximum absolute atomic E-state index is 12.2. The van der Waals surface area contributed by atoms with Crippen molar-refractivity contribution in [1.82, 2.24) is 15.5 Å². The van der Waals surface area contributed by atoms with Crippen LogP contribution >= 0.6 is 0 Å². The first kappa shape index (κ1) is 20.5. The number of furan rings is 1. The molecular formula is C22H27N3O4. The molecule has 0 unspecified atom stereocenters. The van der Waals surface area contributed by atoms with Gasteiger partial charge in [0.05, 0.1) is 12.8 Å². The largest absolute Gasteiger partial charge is 0.492 e. The summed E-state index contributed by atoms with van der Waals surface area (Å²) < 4.78 is 10.7. The molecule has 2 heterocycles. The van der Waals surface area contributed by atoms with Gasteiger partial charge in [-0.3, -0.25) is 4.79 Å². The zero-order valence-electron chi connectivity index (χ0n) is 16.4. The summed E-state index contributed by atoms with van der Waals surface area (Å²) in [6.07, 6.45) is 6.55. The SMILES string of the molecule is O=C(NCCOc1ccccc1)NCC1CCN(C(=O)/C=C/c2ccco2)CC1. The summed E-state index contributed by atoms with van der Waals surface area (Å²) in [6, 6.07) is 12.9. The molecule has 2 N–H and O–H groups in total. The molecule has 1 aromatic heterocycles. The van der Waals surface area contributed by atoms with Crippen LogP contribution in [0.15, 0.2) is 59.2 Å². The molecule has 0 bridgehead atoms. The molecule has 1 fully saturated rings. The standard InChI is InChI=1S/C22H27N3O4/c26-21(9-8-20-7-4-15-28-20)25-13-10-18(11-14-25)17-24-22(27)23-12-16-29-19-5-2-1-3-6-19/h1-9,15,18H,10-14,16-17H2,(H2,23,24,27)/b9-8+. The maximum Gasteiger partial charge on any atom is 0.314 e. The van der Waals surface area contributed by atoms with Crippen molar-refractivity contribution in [2.24, 2.45) is 5.92 Å². The van der Waals surface area contributed by atoms with Crippen LogP contribution in [0.5, 0.6) is 5.75 Å². The second kappa shape index (κ2) is 10.9. The number of amides is 3. The molecule has 29 heavy (non-hydrogen) atoms. The van der Waals surface area contributed by atoms with Gasteiger partial charge >= 0.3 is 6.03 Å². The van der Waals surface area contributed by atoms with Crippen molar-refractivity contribution < 1.29 is 18.7 Å². The van der Waals surface area contributed by atoms with Crippen molar-refractivity contribution in [2.75, 3.05) is 32.8 Å². The van der Waals surface area contributed by atoms with Gasteiger partial charge in [-0.25, -0.2) is 4.79 Å². The number of benzene rings is 1. The van der Waals surface area contributed by atoms with Crippen molar-refractivity contribution in [3.05, 3.63) is 60.6 Å². The molecule has 0 saturated carbocycles. The lowest BCUT2D eigenvalue weighted by Gasteiger charge is -2.31. The molecular weight excluding hydrogens is 370 g/mol. The predicted molar refractivity (Wildman–Crippen MR) is 110 cm³/mol. The number of carbonyl (C=O) groups excluding carboxylic acids is 2. The molecule has 154 valence electrons. The van der Waals surface area contributed by atoms with E-state index in [0.717, 1.165) is 18.6 Å². The highest BCUT2D eigenvalue weighted by Crippen LogP contribution is 2.17. The summed E-state index contributed by atoms with van der Waals surface area (Å²) in [5.74, 6) is 1.82. The second-order valence-electron chi connectivity index (χ2n) is 6.92. The minimum absolute atomic E-state index is 0.0102. The molecule has 0 aliphatic carbocycles. The van der Waals surface area contributed by atoms with Crippen molar-refractivity contribution in [3.8, 4) is 5.75 Å². The maximum atomic E-state index is 12.2. The molecule has 7 nitrogen and oxygen atoms in total. The van der Waals surface area contributed by atoms with Crippen molar-refractivity contribution in [1.29, 1.82) is 0 Å². The molecule has 1 aliphatic heterocycles. The summed E-state index contributed by atoms with van der Waals surface area (Å²) in [5.41, 5.74) is 0. The van der Waals surface area contributed by atoms with Crippen LogP contribution < -0.4 is 15.4 Å². The molecule has 3 rings (SSSR count). The number of nitrogens with zero attached hydrogens (tertiary/aromatic N) is 1. The van der Waals surface area contributed by atoms with Crippen molar-refractivity contribution >= 4 is 18.0 Å². The third-order valence-electron chi connectivity index (χ3n) is 4.81. The van der Waals surface area contributed by atoms with Crippen LogP contribution in [0.1, 0.15) is 18.6 Å². The molecule has 0 spiro atoms. The number of rotatable bonds is 8. The van der Waals surface area contributed by atoms with E-state index < -0.39 is 0 Å². The summed E-state index contributed by atoms with van der Waals surface area (Å²) in [4.78, 5) is 26.0. The van der Waals surface area contributed by atoms with E-state index in [9.17, 15) is 9.59 Å². The Morgan fingerprint density at radius 2 is 1.90 bits per heavy atom. The lowest BCUT2D eigenvalue weighted by atomic mass is 9.97. The highest BCUT2D eigenvalue weighted by atomic mass is 16.5. The number of hydrogen-bond donors (Lipinski definition) is 2. The fourth-order valence-corrected chi connectivity index (χ4v) is 3.15. The predicted octanol–water partition coefficient (Wildman–Crippen LogP) is 2.91. The lowest BCUT2D eigenvalue weighted by Crippen LogP contribution is -2.43. The summed E-state index contributed by atoms with van der Waals surface area (Å²) >= 11 is 0. The minimum Gasteiger partial charge on any atom is -0.492 e. The van der Waals surface area contributed by atoms with E-state index in [2.05, 4.69) is 10.6 Å². The Hall–Kier alpha value is -3.22. The van der Waals surface area contributed by atoms with Gasteiger partial charge in [0.2, 0.25) is 5.91 Å². The number of nitrogens with one attached hydrogen (secondary N) is 2. The van der Waals surface area contributed by atoms with Gasteiger partial charge in [-0.1, -0.05) is 18.2 Å². The Labute approximate surface area is 170 Å². The highest BCUT2D eigenvalue weighted by molar-refractivity contribution is 5.91. The Kier molecular flexibility index (Phi) is 7.74. The quantitative estimate of drug-likeness (QED) is 0.530. The van der Waals surface area contributed by atoms with Crippen molar-refractivity contribution in [2.45, 2.75) is 12.8 Å². The van der Waals surface area contributed by atoms with Gasteiger partial charge in [-0.05, 0) is 49.1 Å². The zero-order valence-corrected chi connectivity index (χ0v) is 16.4. The third kappa shape index (κ3) is 7.03. The van der Waals surface area contributed by atoms with Gasteiger partial charge < -0.3 is 24.7 Å². The van der Waals surface area contributed by atoms with Crippen LogP contribution in [0, 0.1) is 5.92 Å². The first-order valence-electron chi connectivity index (χ1n) is 9.91. The number of piperidine rings is 1. The topological polar surface area (TPSA) is 83.8 Å². The van der Waals surface area contributed by atoms with E-state index in [1.165, 1.54) is 0 Å². The highest BCUT2D eigenvalue weighted by Gasteiger charge is 2.21. The van der Waals surface area contributed by atoms with E-state index in [4.69, 9.17) is 9.15 Å². The van der Waals surface area contributed by atoms with E-state index in [1.807, 2.05) is 35.2 Å². The summed E-state index contributed by atoms with van der Waals surface area (Å²) in [7, 11) is 0. The molecule has 1 saturated heterocycles. The van der Waals surface area contributed by atoms with Crippen LogP contribution in [-0.4, -0.2) is 49.6 Å². The second-order valence-corrected chi connectivity index (χ2v) is 6.92. The zero-order chi connectivity index (χ0) is 20.3. The van der Waals surface area contributed by atoms with Gasteiger partial charge in [0.1, 0.15) is 18.1 Å². The van der Waals surface area contributed by atoms with Gasteiger partial charge in [0.15, 0.2) is 0 Å². The van der Waals surface area contributed by atoms with Gasteiger partial charge in [-0.15, -0.1) is 0 Å². The van der Waals surface area contributed by atoms with Crippen molar-refractivity contribution in [3.63, 3.8) is 0 Å². The number of para-hydroxylation sites is 1. The first-order chi connectivity index (χ1) is 14.2. The minimum atomic E-state index is -0.193. The Morgan fingerprint density at radius 3 is 2.62 bits per heavy atom. The van der Waals surface area contributed by atoms with Crippen LogP contribution in [0.2, 0.25) is 0 Å².